The van der Waals surface area contributed by atoms with Crippen LogP contribution in [0.25, 0.3) is 11.0 Å². The molecule has 0 unspecified atom stereocenters. The number of hydrogen-bond acceptors (Lipinski definition) is 5. The van der Waals surface area contributed by atoms with Crippen LogP contribution in [-0.4, -0.2) is 33.0 Å². The van der Waals surface area contributed by atoms with E-state index in [1.807, 2.05) is 29.2 Å². The number of aromatic nitrogens is 3. The van der Waals surface area contributed by atoms with Crippen LogP contribution in [0, 0.1) is 22.7 Å². The largest absolute Gasteiger partial charge is 0.282 e. The molecule has 6 nitrogen and oxygen atoms in total. The summed E-state index contributed by atoms with van der Waals surface area (Å²) in [5.41, 5.74) is 1.81. The highest BCUT2D eigenvalue weighted by molar-refractivity contribution is 5.73. The summed E-state index contributed by atoms with van der Waals surface area (Å²) in [6.45, 7) is 1.81. The second-order valence-electron chi connectivity index (χ2n) is 4.15. The molecule has 19 heavy (non-hydrogen) atoms. The molecule has 0 spiro atoms. The number of para-hydroxylation sites is 1. The molecule has 0 fully saturated rings. The van der Waals surface area contributed by atoms with E-state index >= 15 is 0 Å². The lowest BCUT2D eigenvalue weighted by atomic mass is 10.3. The number of nitriles is 2. The monoisotopic (exact) mass is 254 g/mol. The second kappa shape index (κ2) is 6.48. The summed E-state index contributed by atoms with van der Waals surface area (Å²) in [5.74, 6) is 0. The minimum absolute atomic E-state index is 0.443. The smallest absolute Gasteiger partial charge is 0.113 e. The van der Waals surface area contributed by atoms with Gasteiger partial charge in [-0.1, -0.05) is 17.3 Å². The van der Waals surface area contributed by atoms with E-state index in [4.69, 9.17) is 10.5 Å². The number of rotatable bonds is 6. The average Bonchev–Trinajstić information content (AvgIpc) is 2.85. The van der Waals surface area contributed by atoms with Crippen molar-refractivity contribution in [3.8, 4) is 12.1 Å². The molecule has 0 saturated heterocycles. The summed E-state index contributed by atoms with van der Waals surface area (Å²) < 4.78 is 1.80. The van der Waals surface area contributed by atoms with Gasteiger partial charge in [0.05, 0.1) is 24.3 Å². The van der Waals surface area contributed by atoms with Gasteiger partial charge in [-0.2, -0.15) is 10.5 Å². The fourth-order valence-corrected chi connectivity index (χ4v) is 1.88. The molecule has 0 radical (unpaired) electrons. The predicted octanol–water partition coefficient (Wildman–Crippen LogP) is 1.52. The Bertz CT molecular complexity index is 600. The number of fused-ring (bicyclic) bond motifs is 1. The van der Waals surface area contributed by atoms with Gasteiger partial charge in [-0.3, -0.25) is 4.90 Å². The zero-order valence-electron chi connectivity index (χ0n) is 10.5. The quantitative estimate of drug-likeness (QED) is 0.780. The fourth-order valence-electron chi connectivity index (χ4n) is 1.88. The molecule has 0 saturated carbocycles. The fraction of sp³-hybridized carbons (Fsp3) is 0.385. The van der Waals surface area contributed by atoms with E-state index in [1.54, 1.807) is 4.68 Å². The first-order valence-corrected chi connectivity index (χ1v) is 6.09. The Kier molecular flexibility index (Phi) is 4.44. The van der Waals surface area contributed by atoms with Crippen LogP contribution in [0.3, 0.4) is 0 Å². The van der Waals surface area contributed by atoms with Crippen molar-refractivity contribution in [2.24, 2.45) is 0 Å². The van der Waals surface area contributed by atoms with E-state index < -0.39 is 0 Å². The Morgan fingerprint density at radius 2 is 1.79 bits per heavy atom. The summed E-state index contributed by atoms with van der Waals surface area (Å²) in [5, 5.41) is 25.5. The Balaban J connectivity index is 2.11. The van der Waals surface area contributed by atoms with Gasteiger partial charge in [0.15, 0.2) is 0 Å². The van der Waals surface area contributed by atoms with E-state index in [2.05, 4.69) is 22.5 Å². The first kappa shape index (κ1) is 13.0. The second-order valence-corrected chi connectivity index (χ2v) is 4.15. The number of nitrogens with zero attached hydrogens (tertiary/aromatic N) is 6. The molecule has 1 aromatic carbocycles. The highest BCUT2D eigenvalue weighted by atomic mass is 15.5. The first-order chi connectivity index (χ1) is 9.35. The van der Waals surface area contributed by atoms with Gasteiger partial charge in [0.25, 0.3) is 0 Å². The van der Waals surface area contributed by atoms with E-state index in [1.165, 1.54) is 0 Å². The van der Waals surface area contributed by atoms with Crippen molar-refractivity contribution in [1.82, 2.24) is 19.9 Å². The molecule has 1 heterocycles. The molecular formula is C13H14N6. The van der Waals surface area contributed by atoms with Crippen LogP contribution in [0.4, 0.5) is 0 Å². The highest BCUT2D eigenvalue weighted by Crippen LogP contribution is 2.10. The first-order valence-electron chi connectivity index (χ1n) is 6.09. The molecule has 0 aliphatic heterocycles. The van der Waals surface area contributed by atoms with Crippen molar-refractivity contribution in [3.05, 3.63) is 24.3 Å². The molecular weight excluding hydrogens is 240 g/mol. The highest BCUT2D eigenvalue weighted by Gasteiger charge is 2.09. The van der Waals surface area contributed by atoms with Gasteiger partial charge < -0.3 is 0 Å². The summed E-state index contributed by atoms with van der Waals surface area (Å²) in [4.78, 5) is 2.04. The van der Waals surface area contributed by atoms with Crippen LogP contribution >= 0.6 is 0 Å². The molecule has 2 rings (SSSR count). The molecule has 0 aliphatic carbocycles. The minimum Gasteiger partial charge on any atom is -0.282 e. The molecule has 1 aromatic heterocycles. The predicted molar refractivity (Wildman–Crippen MR) is 69.6 cm³/mol. The standard InChI is InChI=1S/C13H14N6/c14-7-3-9-18(10-4-8-15)11-19-13-6-2-1-5-12(13)16-17-19/h1-2,5-6H,3-4,9-11H2. The lowest BCUT2D eigenvalue weighted by molar-refractivity contribution is 0.218. The Morgan fingerprint density at radius 1 is 1.11 bits per heavy atom. The molecule has 0 aliphatic rings. The van der Waals surface area contributed by atoms with Crippen molar-refractivity contribution in [2.75, 3.05) is 13.1 Å². The molecule has 96 valence electrons. The average molecular weight is 254 g/mol. The molecule has 0 bridgehead atoms. The van der Waals surface area contributed by atoms with Crippen LogP contribution in [0.15, 0.2) is 24.3 Å². The number of hydrogen-bond donors (Lipinski definition) is 0. The normalized spacial score (nSPS) is 10.5. The molecule has 2 aromatic rings. The van der Waals surface area contributed by atoms with Gasteiger partial charge >= 0.3 is 0 Å². The lowest BCUT2D eigenvalue weighted by Gasteiger charge is -2.19. The zero-order valence-corrected chi connectivity index (χ0v) is 10.5. The van der Waals surface area contributed by atoms with Crippen molar-refractivity contribution < 1.29 is 0 Å². The van der Waals surface area contributed by atoms with Crippen LogP contribution in [-0.2, 0) is 6.67 Å². The van der Waals surface area contributed by atoms with E-state index in [9.17, 15) is 0 Å². The summed E-state index contributed by atoms with van der Waals surface area (Å²) in [7, 11) is 0. The van der Waals surface area contributed by atoms with Crippen molar-refractivity contribution >= 4 is 11.0 Å². The molecule has 6 heteroatoms. The third-order valence-corrected chi connectivity index (χ3v) is 2.83. The van der Waals surface area contributed by atoms with E-state index in [0.717, 1.165) is 11.0 Å². The van der Waals surface area contributed by atoms with Gasteiger partial charge in [0.2, 0.25) is 0 Å². The van der Waals surface area contributed by atoms with Crippen LogP contribution < -0.4 is 0 Å². The summed E-state index contributed by atoms with van der Waals surface area (Å²) in [6, 6.07) is 12.0. The van der Waals surface area contributed by atoms with E-state index in [0.29, 0.717) is 32.6 Å². The van der Waals surface area contributed by atoms with Crippen LogP contribution in [0.1, 0.15) is 12.8 Å². The Morgan fingerprint density at radius 3 is 2.47 bits per heavy atom. The zero-order chi connectivity index (χ0) is 13.5. The van der Waals surface area contributed by atoms with Crippen molar-refractivity contribution in [3.63, 3.8) is 0 Å². The molecule has 0 amide bonds. The van der Waals surface area contributed by atoms with Gasteiger partial charge in [-0.15, -0.1) is 5.10 Å². The topological polar surface area (TPSA) is 81.5 Å². The van der Waals surface area contributed by atoms with Crippen LogP contribution in [0.5, 0.6) is 0 Å². The van der Waals surface area contributed by atoms with E-state index in [-0.39, 0.29) is 0 Å². The van der Waals surface area contributed by atoms with Gasteiger partial charge in [-0.05, 0) is 12.1 Å². The minimum atomic E-state index is 0.443. The SMILES string of the molecule is N#CCCN(CCC#N)Cn1nnc2ccccc21. The maximum absolute atomic E-state index is 8.66. The Hall–Kier alpha value is -2.44. The maximum atomic E-state index is 8.66. The molecule has 0 atom stereocenters. The third-order valence-electron chi connectivity index (χ3n) is 2.83. The van der Waals surface area contributed by atoms with Gasteiger partial charge in [0.1, 0.15) is 5.52 Å². The van der Waals surface area contributed by atoms with Gasteiger partial charge in [-0.25, -0.2) is 4.68 Å². The summed E-state index contributed by atoms with van der Waals surface area (Å²) in [6.07, 6.45) is 0.885. The third kappa shape index (κ3) is 3.27. The van der Waals surface area contributed by atoms with Crippen molar-refractivity contribution in [2.45, 2.75) is 19.5 Å². The maximum Gasteiger partial charge on any atom is 0.113 e. The summed E-state index contributed by atoms with van der Waals surface area (Å²) >= 11 is 0. The Labute approximate surface area is 111 Å². The lowest BCUT2D eigenvalue weighted by Crippen LogP contribution is -2.29. The van der Waals surface area contributed by atoms with Gasteiger partial charge in [0, 0.05) is 25.9 Å². The van der Waals surface area contributed by atoms with Crippen molar-refractivity contribution in [1.29, 1.82) is 10.5 Å². The molecule has 0 N–H and O–H groups in total. The van der Waals surface area contributed by atoms with Crippen LogP contribution in [0.2, 0.25) is 0 Å². The number of benzene rings is 1.